The third-order valence-corrected chi connectivity index (χ3v) is 5.11. The van der Waals surface area contributed by atoms with Gasteiger partial charge in [-0.25, -0.2) is 0 Å². The van der Waals surface area contributed by atoms with Gasteiger partial charge >= 0.3 is 0 Å². The maximum absolute atomic E-state index is 6.12. The monoisotopic (exact) mass is 352 g/mol. The van der Waals surface area contributed by atoms with Crippen LogP contribution in [0.3, 0.4) is 0 Å². The molecule has 3 nitrogen and oxygen atoms in total. The van der Waals surface area contributed by atoms with Crippen LogP contribution in [0.4, 0.5) is 0 Å². The minimum Gasteiger partial charge on any atom is -0.489 e. The molecule has 1 fully saturated rings. The molecule has 0 bridgehead atoms. The van der Waals surface area contributed by atoms with Crippen LogP contribution in [-0.4, -0.2) is 48.6 Å². The van der Waals surface area contributed by atoms with Crippen LogP contribution in [0, 0.1) is 0 Å². The molecule has 0 N–H and O–H groups in total. The summed E-state index contributed by atoms with van der Waals surface area (Å²) in [6.07, 6.45) is 0.209. The summed E-state index contributed by atoms with van der Waals surface area (Å²) in [5.74, 6) is 1.54. The second kappa shape index (κ2) is 9.20. The van der Waals surface area contributed by atoms with Crippen LogP contribution in [0.25, 0.3) is 0 Å². The van der Waals surface area contributed by atoms with E-state index in [4.69, 9.17) is 4.74 Å². The summed E-state index contributed by atoms with van der Waals surface area (Å²) >= 11 is 0. The first-order valence-electron chi connectivity index (χ1n) is 9.85. The molecule has 3 rings (SSSR count). The first-order valence-corrected chi connectivity index (χ1v) is 9.85. The maximum Gasteiger partial charge on any atom is 0.119 e. The molecule has 1 aliphatic heterocycles. The number of hydrogen-bond donors (Lipinski definition) is 0. The van der Waals surface area contributed by atoms with Crippen LogP contribution in [0.2, 0.25) is 0 Å². The Morgan fingerprint density at radius 3 is 2.04 bits per heavy atom. The van der Waals surface area contributed by atoms with E-state index in [0.717, 1.165) is 45.0 Å². The lowest BCUT2D eigenvalue weighted by Crippen LogP contribution is -2.48. The van der Waals surface area contributed by atoms with Crippen LogP contribution in [0.5, 0.6) is 5.75 Å². The third-order valence-electron chi connectivity index (χ3n) is 5.11. The zero-order valence-electron chi connectivity index (χ0n) is 16.4. The van der Waals surface area contributed by atoms with Gasteiger partial charge in [0.25, 0.3) is 0 Å². The Hall–Kier alpha value is -1.84. The molecule has 2 aromatic rings. The van der Waals surface area contributed by atoms with Crippen molar-refractivity contribution in [3.05, 3.63) is 65.7 Å². The largest absolute Gasteiger partial charge is 0.489 e. The second-order valence-electron chi connectivity index (χ2n) is 7.71. The molecule has 0 spiro atoms. The molecular weight excluding hydrogens is 320 g/mol. The highest BCUT2D eigenvalue weighted by Crippen LogP contribution is 2.19. The number of ether oxygens (including phenoxy) is 1. The minimum atomic E-state index is 0.209. The zero-order chi connectivity index (χ0) is 18.4. The fourth-order valence-electron chi connectivity index (χ4n) is 3.54. The van der Waals surface area contributed by atoms with Gasteiger partial charge in [0.15, 0.2) is 0 Å². The Bertz CT molecular complexity index is 646. The van der Waals surface area contributed by atoms with E-state index in [1.165, 1.54) is 11.1 Å². The Morgan fingerprint density at radius 1 is 0.808 bits per heavy atom. The molecule has 1 unspecified atom stereocenters. The van der Waals surface area contributed by atoms with E-state index in [-0.39, 0.29) is 6.10 Å². The zero-order valence-corrected chi connectivity index (χ0v) is 16.4. The van der Waals surface area contributed by atoms with Gasteiger partial charge in [0.05, 0.1) is 0 Å². The first-order chi connectivity index (χ1) is 12.6. The SMILES string of the molecule is CC(CN1CCN(Cc2ccccc2)CC1)Oc1ccc(C(C)C)cc1. The van der Waals surface area contributed by atoms with E-state index < -0.39 is 0 Å². The summed E-state index contributed by atoms with van der Waals surface area (Å²) in [5, 5.41) is 0. The summed E-state index contributed by atoms with van der Waals surface area (Å²) < 4.78 is 6.12. The fraction of sp³-hybridized carbons (Fsp3) is 0.478. The van der Waals surface area contributed by atoms with Crippen molar-refractivity contribution in [2.24, 2.45) is 0 Å². The van der Waals surface area contributed by atoms with Crippen LogP contribution < -0.4 is 4.74 Å². The molecule has 140 valence electrons. The molecule has 1 aliphatic rings. The maximum atomic E-state index is 6.12. The average Bonchev–Trinajstić information content (AvgIpc) is 2.64. The molecule has 1 atom stereocenters. The van der Waals surface area contributed by atoms with Crippen LogP contribution in [0.15, 0.2) is 54.6 Å². The van der Waals surface area contributed by atoms with Crippen molar-refractivity contribution in [2.75, 3.05) is 32.7 Å². The van der Waals surface area contributed by atoms with Gasteiger partial charge in [-0.15, -0.1) is 0 Å². The van der Waals surface area contributed by atoms with Crippen molar-refractivity contribution in [3.8, 4) is 5.75 Å². The smallest absolute Gasteiger partial charge is 0.119 e. The van der Waals surface area contributed by atoms with Crippen molar-refractivity contribution in [2.45, 2.75) is 39.3 Å². The van der Waals surface area contributed by atoms with Gasteiger partial charge in [-0.2, -0.15) is 0 Å². The summed E-state index contributed by atoms with van der Waals surface area (Å²) in [7, 11) is 0. The predicted octanol–water partition coefficient (Wildman–Crippen LogP) is 4.40. The fourth-order valence-corrected chi connectivity index (χ4v) is 3.54. The van der Waals surface area contributed by atoms with Crippen molar-refractivity contribution < 1.29 is 4.74 Å². The summed E-state index contributed by atoms with van der Waals surface area (Å²) in [6, 6.07) is 19.3. The second-order valence-corrected chi connectivity index (χ2v) is 7.71. The van der Waals surface area contributed by atoms with Crippen molar-refractivity contribution in [3.63, 3.8) is 0 Å². The third kappa shape index (κ3) is 5.58. The molecule has 0 radical (unpaired) electrons. The van der Waals surface area contributed by atoms with Gasteiger partial charge < -0.3 is 4.74 Å². The number of hydrogen-bond acceptors (Lipinski definition) is 3. The lowest BCUT2D eigenvalue weighted by atomic mass is 10.0. The summed E-state index contributed by atoms with van der Waals surface area (Å²) in [5.41, 5.74) is 2.77. The topological polar surface area (TPSA) is 15.7 Å². The molecule has 3 heteroatoms. The average molecular weight is 353 g/mol. The molecule has 0 aliphatic carbocycles. The van der Waals surface area contributed by atoms with Gasteiger partial charge in [0.2, 0.25) is 0 Å². The molecular formula is C23H32N2O. The summed E-state index contributed by atoms with van der Waals surface area (Å²) in [4.78, 5) is 5.07. The predicted molar refractivity (Wildman–Crippen MR) is 109 cm³/mol. The molecule has 0 amide bonds. The quantitative estimate of drug-likeness (QED) is 0.735. The van der Waals surface area contributed by atoms with E-state index in [2.05, 4.69) is 85.2 Å². The molecule has 1 saturated heterocycles. The first kappa shape index (κ1) is 18.9. The highest BCUT2D eigenvalue weighted by molar-refractivity contribution is 5.29. The molecule has 0 aromatic heterocycles. The Balaban J connectivity index is 1.41. The van der Waals surface area contributed by atoms with E-state index in [0.29, 0.717) is 5.92 Å². The van der Waals surface area contributed by atoms with E-state index in [9.17, 15) is 0 Å². The Labute approximate surface area is 158 Å². The van der Waals surface area contributed by atoms with Crippen molar-refractivity contribution >= 4 is 0 Å². The number of nitrogens with zero attached hydrogens (tertiary/aromatic N) is 2. The molecule has 0 saturated carbocycles. The van der Waals surface area contributed by atoms with Crippen LogP contribution >= 0.6 is 0 Å². The standard InChI is InChI=1S/C23H32N2O/c1-19(2)22-9-11-23(12-10-22)26-20(3)17-24-13-15-25(16-14-24)18-21-7-5-4-6-8-21/h4-12,19-20H,13-18H2,1-3H3. The lowest BCUT2D eigenvalue weighted by molar-refractivity contribution is 0.0874. The van der Waals surface area contributed by atoms with Crippen molar-refractivity contribution in [1.29, 1.82) is 0 Å². The highest BCUT2D eigenvalue weighted by Gasteiger charge is 2.19. The van der Waals surface area contributed by atoms with Crippen LogP contribution in [-0.2, 0) is 6.54 Å². The molecule has 2 aromatic carbocycles. The number of piperazine rings is 1. The van der Waals surface area contributed by atoms with Gasteiger partial charge in [-0.3, -0.25) is 9.80 Å². The minimum absolute atomic E-state index is 0.209. The molecule has 1 heterocycles. The number of rotatable bonds is 7. The summed E-state index contributed by atoms with van der Waals surface area (Å²) in [6.45, 7) is 13.2. The van der Waals surface area contributed by atoms with Gasteiger partial charge in [-0.05, 0) is 36.1 Å². The van der Waals surface area contributed by atoms with E-state index >= 15 is 0 Å². The number of benzene rings is 2. The van der Waals surface area contributed by atoms with E-state index in [1.807, 2.05) is 0 Å². The Kier molecular flexibility index (Phi) is 6.70. The van der Waals surface area contributed by atoms with Gasteiger partial charge in [-0.1, -0.05) is 56.3 Å². The lowest BCUT2D eigenvalue weighted by Gasteiger charge is -2.35. The molecule has 26 heavy (non-hydrogen) atoms. The normalized spacial score (nSPS) is 17.4. The highest BCUT2D eigenvalue weighted by atomic mass is 16.5. The van der Waals surface area contributed by atoms with E-state index in [1.54, 1.807) is 0 Å². The van der Waals surface area contributed by atoms with Crippen molar-refractivity contribution in [1.82, 2.24) is 9.80 Å². The van der Waals surface area contributed by atoms with Gasteiger partial charge in [0.1, 0.15) is 11.9 Å². The van der Waals surface area contributed by atoms with Crippen LogP contribution in [0.1, 0.15) is 37.8 Å². The van der Waals surface area contributed by atoms with Gasteiger partial charge in [0, 0.05) is 39.3 Å². The Morgan fingerprint density at radius 2 is 1.42 bits per heavy atom.